The zero-order valence-electron chi connectivity index (χ0n) is 13.1. The van der Waals surface area contributed by atoms with Crippen LogP contribution in [0.15, 0.2) is 6.07 Å². The quantitative estimate of drug-likeness (QED) is 0.588. The monoisotopic (exact) mass is 280 g/mol. The van der Waals surface area contributed by atoms with Gasteiger partial charge in [0.2, 0.25) is 0 Å². The molecule has 1 fully saturated rings. The summed E-state index contributed by atoms with van der Waals surface area (Å²) in [4.78, 5) is 4.82. The second-order valence-corrected chi connectivity index (χ2v) is 6.04. The van der Waals surface area contributed by atoms with Crippen LogP contribution in [0.3, 0.4) is 0 Å². The molecule has 114 valence electrons. The van der Waals surface area contributed by atoms with Gasteiger partial charge in [0.05, 0.1) is 5.69 Å². The van der Waals surface area contributed by atoms with Crippen molar-refractivity contribution in [3.8, 4) is 0 Å². The molecule has 1 aliphatic rings. The van der Waals surface area contributed by atoms with Crippen LogP contribution in [-0.2, 0) is 13.5 Å². The minimum absolute atomic E-state index is 0.232. The molecular formula is C14H28N6. The van der Waals surface area contributed by atoms with Crippen molar-refractivity contribution >= 4 is 0 Å². The van der Waals surface area contributed by atoms with Crippen LogP contribution in [0.25, 0.3) is 0 Å². The number of hydrazine groups is 1. The summed E-state index contributed by atoms with van der Waals surface area (Å²) in [5.41, 5.74) is 5.31. The van der Waals surface area contributed by atoms with Gasteiger partial charge in [0.1, 0.15) is 0 Å². The molecule has 0 spiro atoms. The molecule has 1 aliphatic heterocycles. The number of nitrogens with two attached hydrogens (primary N) is 1. The van der Waals surface area contributed by atoms with E-state index in [9.17, 15) is 0 Å². The van der Waals surface area contributed by atoms with Gasteiger partial charge in [-0.2, -0.15) is 5.10 Å². The first-order valence-corrected chi connectivity index (χ1v) is 7.35. The first-order valence-electron chi connectivity index (χ1n) is 7.35. The molecule has 6 heteroatoms. The van der Waals surface area contributed by atoms with Crippen LogP contribution in [0.2, 0.25) is 0 Å². The van der Waals surface area contributed by atoms with E-state index in [2.05, 4.69) is 40.5 Å². The number of rotatable bonds is 4. The largest absolute Gasteiger partial charge is 0.305 e. The number of hydrogen-bond acceptors (Lipinski definition) is 5. The third-order valence-corrected chi connectivity index (χ3v) is 4.32. The van der Waals surface area contributed by atoms with E-state index < -0.39 is 0 Å². The Morgan fingerprint density at radius 3 is 2.75 bits per heavy atom. The van der Waals surface area contributed by atoms with E-state index in [1.54, 1.807) is 0 Å². The Morgan fingerprint density at radius 1 is 1.40 bits per heavy atom. The fourth-order valence-corrected chi connectivity index (χ4v) is 3.13. The second-order valence-electron chi connectivity index (χ2n) is 6.04. The molecular weight excluding hydrogens is 252 g/mol. The molecule has 3 N–H and O–H groups in total. The Balaban J connectivity index is 2.11. The van der Waals surface area contributed by atoms with Gasteiger partial charge in [-0.1, -0.05) is 0 Å². The molecule has 0 radical (unpaired) electrons. The molecule has 2 rings (SSSR count). The number of aryl methyl sites for hydroxylation is 2. The number of hydrogen-bond donors (Lipinski definition) is 2. The number of nitrogens with one attached hydrogen (secondary N) is 1. The maximum absolute atomic E-state index is 5.84. The van der Waals surface area contributed by atoms with Gasteiger partial charge < -0.3 is 9.80 Å². The number of nitrogens with zero attached hydrogens (tertiary/aromatic N) is 4. The molecule has 20 heavy (non-hydrogen) atoms. The van der Waals surface area contributed by atoms with E-state index >= 15 is 0 Å². The molecule has 0 aromatic carbocycles. The van der Waals surface area contributed by atoms with E-state index in [1.165, 1.54) is 12.1 Å². The van der Waals surface area contributed by atoms with Crippen LogP contribution >= 0.6 is 0 Å². The molecule has 1 saturated heterocycles. The maximum atomic E-state index is 5.84. The highest BCUT2D eigenvalue weighted by Crippen LogP contribution is 2.14. The standard InChI is InChI=1S/C14H28N6/c1-11-8-12(20(4)17-11)9-13(16-15)14-10-18(2)6-5-7-19(14)3/h8,13-14,16H,5-7,9-10,15H2,1-4H3. The van der Waals surface area contributed by atoms with Gasteiger partial charge >= 0.3 is 0 Å². The third-order valence-electron chi connectivity index (χ3n) is 4.32. The first-order chi connectivity index (χ1) is 9.51. The zero-order chi connectivity index (χ0) is 14.7. The summed E-state index contributed by atoms with van der Waals surface area (Å²) in [6.07, 6.45) is 2.11. The fourth-order valence-electron chi connectivity index (χ4n) is 3.13. The number of aromatic nitrogens is 2. The van der Waals surface area contributed by atoms with Crippen LogP contribution in [0.1, 0.15) is 17.8 Å². The summed E-state index contributed by atoms with van der Waals surface area (Å²) in [6.45, 7) is 5.35. The predicted octanol–water partition coefficient (Wildman–Crippen LogP) is -0.261. The summed E-state index contributed by atoms with van der Waals surface area (Å²) in [7, 11) is 6.38. The Kier molecular flexibility index (Phi) is 5.15. The van der Waals surface area contributed by atoms with E-state index in [4.69, 9.17) is 5.84 Å². The second kappa shape index (κ2) is 6.67. The van der Waals surface area contributed by atoms with Crippen LogP contribution < -0.4 is 11.3 Å². The molecule has 2 heterocycles. The van der Waals surface area contributed by atoms with E-state index in [0.717, 1.165) is 31.7 Å². The van der Waals surface area contributed by atoms with Crippen LogP contribution in [-0.4, -0.2) is 65.4 Å². The average molecular weight is 280 g/mol. The number of likely N-dealkylation sites (N-methyl/N-ethyl adjacent to an activating group) is 2. The van der Waals surface area contributed by atoms with Gasteiger partial charge in [0.25, 0.3) is 0 Å². The normalized spacial score (nSPS) is 23.8. The Hall–Kier alpha value is -0.950. The zero-order valence-corrected chi connectivity index (χ0v) is 13.1. The summed E-state index contributed by atoms with van der Waals surface area (Å²) in [5.74, 6) is 5.84. The lowest BCUT2D eigenvalue weighted by molar-refractivity contribution is 0.176. The van der Waals surface area contributed by atoms with Crippen molar-refractivity contribution in [2.24, 2.45) is 12.9 Å². The van der Waals surface area contributed by atoms with Crippen molar-refractivity contribution in [1.82, 2.24) is 25.0 Å². The average Bonchev–Trinajstić information content (AvgIpc) is 2.60. The lowest BCUT2D eigenvalue weighted by Crippen LogP contribution is -2.55. The van der Waals surface area contributed by atoms with Gasteiger partial charge in [-0.25, -0.2) is 0 Å². The Bertz CT molecular complexity index is 429. The molecule has 2 unspecified atom stereocenters. The summed E-state index contributed by atoms with van der Waals surface area (Å²) in [5, 5.41) is 4.42. The SMILES string of the molecule is Cc1cc(CC(NN)C2CN(C)CCCN2C)n(C)n1. The van der Waals surface area contributed by atoms with Crippen LogP contribution in [0, 0.1) is 6.92 Å². The minimum Gasteiger partial charge on any atom is -0.305 e. The predicted molar refractivity (Wildman–Crippen MR) is 81.3 cm³/mol. The van der Waals surface area contributed by atoms with Gasteiger partial charge in [0, 0.05) is 37.8 Å². The molecule has 0 aliphatic carbocycles. The Labute approximate surface area is 121 Å². The van der Waals surface area contributed by atoms with E-state index in [0.29, 0.717) is 6.04 Å². The van der Waals surface area contributed by atoms with Crippen LogP contribution in [0.5, 0.6) is 0 Å². The molecule has 6 nitrogen and oxygen atoms in total. The minimum atomic E-state index is 0.232. The summed E-state index contributed by atoms with van der Waals surface area (Å²) in [6, 6.07) is 2.79. The highest BCUT2D eigenvalue weighted by molar-refractivity contribution is 5.11. The molecule has 0 saturated carbocycles. The lowest BCUT2D eigenvalue weighted by Gasteiger charge is -2.34. The lowest BCUT2D eigenvalue weighted by atomic mass is 10.0. The van der Waals surface area contributed by atoms with Gasteiger partial charge in [0.15, 0.2) is 0 Å². The van der Waals surface area contributed by atoms with Crippen LogP contribution in [0.4, 0.5) is 0 Å². The van der Waals surface area contributed by atoms with E-state index in [-0.39, 0.29) is 6.04 Å². The van der Waals surface area contributed by atoms with Crippen molar-refractivity contribution in [1.29, 1.82) is 0 Å². The molecule has 1 aromatic heterocycles. The van der Waals surface area contributed by atoms with Crippen molar-refractivity contribution < 1.29 is 0 Å². The van der Waals surface area contributed by atoms with Crippen molar-refractivity contribution in [2.75, 3.05) is 33.7 Å². The van der Waals surface area contributed by atoms with Gasteiger partial charge in [-0.15, -0.1) is 0 Å². The van der Waals surface area contributed by atoms with Crippen molar-refractivity contribution in [2.45, 2.75) is 31.8 Å². The topological polar surface area (TPSA) is 62.4 Å². The van der Waals surface area contributed by atoms with Gasteiger partial charge in [-0.05, 0) is 46.6 Å². The summed E-state index contributed by atoms with van der Waals surface area (Å²) < 4.78 is 1.96. The Morgan fingerprint density at radius 2 is 2.15 bits per heavy atom. The smallest absolute Gasteiger partial charge is 0.0596 e. The highest BCUT2D eigenvalue weighted by atomic mass is 15.3. The van der Waals surface area contributed by atoms with Crippen molar-refractivity contribution in [3.05, 3.63) is 17.5 Å². The maximum Gasteiger partial charge on any atom is 0.0596 e. The third kappa shape index (κ3) is 3.58. The highest BCUT2D eigenvalue weighted by Gasteiger charge is 2.28. The van der Waals surface area contributed by atoms with Gasteiger partial charge in [-0.3, -0.25) is 16.0 Å². The first kappa shape index (κ1) is 15.4. The molecule has 2 atom stereocenters. The fraction of sp³-hybridized carbons (Fsp3) is 0.786. The van der Waals surface area contributed by atoms with Crippen molar-refractivity contribution in [3.63, 3.8) is 0 Å². The summed E-state index contributed by atoms with van der Waals surface area (Å²) >= 11 is 0. The molecule has 1 aromatic rings. The van der Waals surface area contributed by atoms with E-state index in [1.807, 2.05) is 18.7 Å². The molecule has 0 bridgehead atoms. The molecule has 0 amide bonds.